The van der Waals surface area contributed by atoms with Crippen molar-refractivity contribution in [3.05, 3.63) is 36.4 Å². The van der Waals surface area contributed by atoms with E-state index in [0.29, 0.717) is 18.2 Å². The molecule has 1 aromatic carbocycles. The van der Waals surface area contributed by atoms with Crippen molar-refractivity contribution in [3.63, 3.8) is 0 Å². The van der Waals surface area contributed by atoms with E-state index in [9.17, 15) is 13.2 Å². The van der Waals surface area contributed by atoms with Crippen LogP contribution in [0.3, 0.4) is 0 Å². The number of benzene rings is 1. The van der Waals surface area contributed by atoms with Gasteiger partial charge in [-0.25, -0.2) is 0 Å². The minimum Gasteiger partial charge on any atom is -0.406 e. The first-order valence-electron chi connectivity index (χ1n) is 7.00. The van der Waals surface area contributed by atoms with Crippen LogP contribution in [0.25, 0.3) is 0 Å². The molecule has 0 aromatic heterocycles. The van der Waals surface area contributed by atoms with Gasteiger partial charge in [0.25, 0.3) is 0 Å². The van der Waals surface area contributed by atoms with Crippen LogP contribution in [-0.2, 0) is 0 Å². The van der Waals surface area contributed by atoms with Crippen LogP contribution < -0.4 is 15.8 Å². The molecule has 0 amide bonds. The van der Waals surface area contributed by atoms with Gasteiger partial charge < -0.3 is 15.8 Å². The summed E-state index contributed by atoms with van der Waals surface area (Å²) in [7, 11) is 0. The van der Waals surface area contributed by atoms with Crippen LogP contribution >= 0.6 is 24.0 Å². The van der Waals surface area contributed by atoms with Gasteiger partial charge in [-0.2, -0.15) is 0 Å². The summed E-state index contributed by atoms with van der Waals surface area (Å²) in [4.78, 5) is 4.23. The third kappa shape index (κ3) is 7.58. The van der Waals surface area contributed by atoms with Crippen molar-refractivity contribution in [2.24, 2.45) is 16.6 Å². The van der Waals surface area contributed by atoms with Gasteiger partial charge >= 0.3 is 6.36 Å². The van der Waals surface area contributed by atoms with E-state index in [1.165, 1.54) is 18.2 Å². The number of alkyl halides is 3. The summed E-state index contributed by atoms with van der Waals surface area (Å²) in [5.74, 6) is 0.340. The molecule has 1 aromatic rings. The summed E-state index contributed by atoms with van der Waals surface area (Å²) in [6.45, 7) is 0.599. The van der Waals surface area contributed by atoms with Crippen LogP contribution in [0.5, 0.6) is 5.75 Å². The summed E-state index contributed by atoms with van der Waals surface area (Å²) in [6.07, 6.45) is 2.66. The molecule has 0 spiro atoms. The maximum absolute atomic E-state index is 12.2. The average Bonchev–Trinajstić information content (AvgIpc) is 2.45. The predicted molar refractivity (Wildman–Crippen MR) is 95.1 cm³/mol. The molecule has 2 rings (SSSR count). The molecule has 0 aliphatic heterocycles. The van der Waals surface area contributed by atoms with Gasteiger partial charge in [0.2, 0.25) is 0 Å². The monoisotopic (exact) mass is 441 g/mol. The van der Waals surface area contributed by atoms with Crippen LogP contribution in [0.1, 0.15) is 19.3 Å². The van der Waals surface area contributed by atoms with Gasteiger partial charge in [0.05, 0.1) is 0 Å². The highest BCUT2D eigenvalue weighted by Gasteiger charge is 2.31. The Kier molecular flexibility index (Phi) is 7.66. The Hall–Kier alpha value is -1.45. The zero-order valence-electron chi connectivity index (χ0n) is 12.3. The van der Waals surface area contributed by atoms with E-state index >= 15 is 0 Å². The molecule has 0 radical (unpaired) electrons. The molecule has 1 aliphatic carbocycles. The topological polar surface area (TPSA) is 59.6 Å². The van der Waals surface area contributed by atoms with Crippen molar-refractivity contribution in [1.29, 1.82) is 0 Å². The second-order valence-corrected chi connectivity index (χ2v) is 5.08. The van der Waals surface area contributed by atoms with Gasteiger partial charge in [0.15, 0.2) is 5.96 Å². The molecule has 0 saturated carbocycles. The first-order chi connectivity index (χ1) is 10.4. The smallest absolute Gasteiger partial charge is 0.406 e. The number of halogens is 4. The minimum absolute atomic E-state index is 0. The number of nitrogens with one attached hydrogen (secondary N) is 1. The molecule has 1 aliphatic rings. The molecular weight excluding hydrogens is 422 g/mol. The van der Waals surface area contributed by atoms with E-state index < -0.39 is 6.36 Å². The molecule has 23 heavy (non-hydrogen) atoms. The van der Waals surface area contributed by atoms with E-state index in [4.69, 9.17) is 5.73 Å². The van der Waals surface area contributed by atoms with Crippen LogP contribution in [-0.4, -0.2) is 18.9 Å². The van der Waals surface area contributed by atoms with Gasteiger partial charge in [0, 0.05) is 18.3 Å². The number of hydrogen-bond acceptors (Lipinski definition) is 2. The van der Waals surface area contributed by atoms with Crippen molar-refractivity contribution in [2.75, 3.05) is 11.9 Å². The maximum Gasteiger partial charge on any atom is 0.573 e. The number of aliphatic imine (C=N–C) groups is 1. The Bertz CT molecular complexity index is 561. The van der Waals surface area contributed by atoms with Gasteiger partial charge in [-0.15, -0.1) is 37.1 Å². The molecule has 0 saturated heterocycles. The molecule has 1 unspecified atom stereocenters. The molecule has 3 N–H and O–H groups in total. The summed E-state index contributed by atoms with van der Waals surface area (Å²) in [5, 5.41) is 2.77. The largest absolute Gasteiger partial charge is 0.573 e. The van der Waals surface area contributed by atoms with E-state index in [-0.39, 0.29) is 35.7 Å². The molecule has 4 nitrogen and oxygen atoms in total. The first-order valence-corrected chi connectivity index (χ1v) is 7.00. The Balaban J connectivity index is 0.00000264. The number of anilines is 1. The van der Waals surface area contributed by atoms with E-state index in [1.807, 2.05) is 0 Å². The number of guanidine groups is 1. The number of rotatable bonds is 4. The highest BCUT2D eigenvalue weighted by atomic mass is 127. The maximum atomic E-state index is 12.2. The molecule has 1 atom stereocenters. The van der Waals surface area contributed by atoms with Gasteiger partial charge in [-0.05, 0) is 37.3 Å². The van der Waals surface area contributed by atoms with E-state index in [0.717, 1.165) is 19.3 Å². The van der Waals surface area contributed by atoms with Crippen molar-refractivity contribution in [3.8, 4) is 5.75 Å². The third-order valence-electron chi connectivity index (χ3n) is 3.24. The van der Waals surface area contributed by atoms with Gasteiger partial charge in [0.1, 0.15) is 5.75 Å². The van der Waals surface area contributed by atoms with E-state index in [2.05, 4.69) is 27.2 Å². The van der Waals surface area contributed by atoms with Crippen LogP contribution in [0, 0.1) is 5.92 Å². The summed E-state index contributed by atoms with van der Waals surface area (Å²) < 4.78 is 40.3. The molecule has 0 fully saturated rings. The van der Waals surface area contributed by atoms with Crippen molar-refractivity contribution < 1.29 is 17.9 Å². The standard InChI is InChI=1S/C15H18F3N3O.HI/c16-15(17,18)22-13-8-4-7-12(9-13)21-14(19)20-10-11-5-2-1-3-6-11;/h1-2,4,7-9,11H,3,5-6,10H2,(H3,19,20,21);1H. The molecule has 0 bridgehead atoms. The van der Waals surface area contributed by atoms with Crippen molar-refractivity contribution in [2.45, 2.75) is 25.6 Å². The van der Waals surface area contributed by atoms with Gasteiger partial charge in [-0.1, -0.05) is 18.2 Å². The fraction of sp³-hybridized carbons (Fsp3) is 0.400. The Labute approximate surface area is 150 Å². The number of nitrogens with zero attached hydrogens (tertiary/aromatic N) is 1. The fourth-order valence-corrected chi connectivity index (χ4v) is 2.21. The molecule has 128 valence electrons. The normalized spacial score (nSPS) is 18.2. The summed E-state index contributed by atoms with van der Waals surface area (Å²) in [5.41, 5.74) is 6.15. The van der Waals surface area contributed by atoms with Crippen LogP contribution in [0.4, 0.5) is 18.9 Å². The minimum atomic E-state index is -4.72. The number of allylic oxidation sites excluding steroid dienone is 2. The zero-order chi connectivity index (χ0) is 16.0. The Morgan fingerprint density at radius 1 is 1.35 bits per heavy atom. The first kappa shape index (κ1) is 19.6. The average molecular weight is 441 g/mol. The zero-order valence-corrected chi connectivity index (χ0v) is 14.7. The lowest BCUT2D eigenvalue weighted by Gasteiger charge is -2.15. The number of hydrogen-bond donors (Lipinski definition) is 2. The lowest BCUT2D eigenvalue weighted by Crippen LogP contribution is -2.24. The van der Waals surface area contributed by atoms with Crippen molar-refractivity contribution in [1.82, 2.24) is 0 Å². The molecule has 0 heterocycles. The second-order valence-electron chi connectivity index (χ2n) is 5.08. The number of ether oxygens (including phenoxy) is 1. The van der Waals surface area contributed by atoms with Crippen LogP contribution in [0.2, 0.25) is 0 Å². The number of nitrogens with two attached hydrogens (primary N) is 1. The summed E-state index contributed by atoms with van der Waals surface area (Å²) >= 11 is 0. The predicted octanol–water partition coefficient (Wildman–Crippen LogP) is 4.29. The van der Waals surface area contributed by atoms with Crippen molar-refractivity contribution >= 4 is 35.6 Å². The van der Waals surface area contributed by atoms with Crippen LogP contribution in [0.15, 0.2) is 41.4 Å². The lowest BCUT2D eigenvalue weighted by atomic mass is 9.95. The lowest BCUT2D eigenvalue weighted by molar-refractivity contribution is -0.274. The quantitative estimate of drug-likeness (QED) is 0.317. The highest BCUT2D eigenvalue weighted by molar-refractivity contribution is 14.0. The fourth-order valence-electron chi connectivity index (χ4n) is 2.21. The Morgan fingerprint density at radius 2 is 2.13 bits per heavy atom. The SMILES string of the molecule is I.NC(=NCC1CC=CCC1)Nc1cccc(OC(F)(F)F)c1. The third-order valence-corrected chi connectivity index (χ3v) is 3.24. The molecule has 8 heteroatoms. The Morgan fingerprint density at radius 3 is 2.78 bits per heavy atom. The molecular formula is C15H19F3IN3O. The highest BCUT2D eigenvalue weighted by Crippen LogP contribution is 2.25. The second kappa shape index (κ2) is 8.99. The summed E-state index contributed by atoms with van der Waals surface area (Å²) in [6, 6.07) is 5.48. The van der Waals surface area contributed by atoms with E-state index in [1.54, 1.807) is 6.07 Å². The van der Waals surface area contributed by atoms with Gasteiger partial charge in [-0.3, -0.25) is 4.99 Å².